The van der Waals surface area contributed by atoms with Gasteiger partial charge in [-0.05, 0) is 25.0 Å². The van der Waals surface area contributed by atoms with Crippen LogP contribution in [-0.4, -0.2) is 26.7 Å². The summed E-state index contributed by atoms with van der Waals surface area (Å²) in [5, 5.41) is 2.93. The van der Waals surface area contributed by atoms with Crippen molar-refractivity contribution in [2.45, 2.75) is 25.1 Å². The molecule has 1 aromatic rings. The Kier molecular flexibility index (Phi) is 3.98. The van der Waals surface area contributed by atoms with E-state index in [-0.39, 0.29) is 17.7 Å². The Bertz CT molecular complexity index is 483. The summed E-state index contributed by atoms with van der Waals surface area (Å²) in [7, 11) is -0.807. The van der Waals surface area contributed by atoms with Crippen molar-refractivity contribution in [3.05, 3.63) is 17.7 Å². The van der Waals surface area contributed by atoms with Gasteiger partial charge in [-0.2, -0.15) is 13.2 Å². The van der Waals surface area contributed by atoms with Gasteiger partial charge in [0.25, 0.3) is 0 Å². The van der Waals surface area contributed by atoms with E-state index in [9.17, 15) is 17.4 Å². The van der Waals surface area contributed by atoms with Gasteiger partial charge in [0, 0.05) is 28.3 Å². The van der Waals surface area contributed by atoms with Gasteiger partial charge in [0.2, 0.25) is 0 Å². The largest absolute Gasteiger partial charge is 0.416 e. The van der Waals surface area contributed by atoms with Gasteiger partial charge in [0.1, 0.15) is 11.6 Å². The molecule has 1 aliphatic heterocycles. The SMILES string of the molecule is Nc1cc(C(F)(F)F)cc(NC2CCS(=O)CC2)n1. The average Bonchev–Trinajstić information content (AvgIpc) is 2.30. The first-order chi connectivity index (χ1) is 8.84. The standard InChI is InChI=1S/C11H14F3N3OS/c12-11(13,14)7-5-9(15)17-10(6-7)16-8-1-3-19(18)4-2-8/h5-6,8H,1-4H2,(H3,15,16,17). The Balaban J connectivity index is 2.12. The number of nitrogens with two attached hydrogens (primary N) is 1. The van der Waals surface area contributed by atoms with Crippen LogP contribution >= 0.6 is 0 Å². The zero-order chi connectivity index (χ0) is 14.0. The lowest BCUT2D eigenvalue weighted by atomic mass is 10.1. The molecule has 0 unspecified atom stereocenters. The van der Waals surface area contributed by atoms with E-state index in [1.165, 1.54) is 0 Å². The van der Waals surface area contributed by atoms with Crippen LogP contribution in [-0.2, 0) is 17.0 Å². The fourth-order valence-electron chi connectivity index (χ4n) is 1.94. The monoisotopic (exact) mass is 293 g/mol. The molecule has 0 aliphatic carbocycles. The second kappa shape index (κ2) is 5.36. The van der Waals surface area contributed by atoms with Crippen LogP contribution in [0.3, 0.4) is 0 Å². The third-order valence-electron chi connectivity index (χ3n) is 2.91. The molecule has 0 saturated carbocycles. The van der Waals surface area contributed by atoms with E-state index in [4.69, 9.17) is 5.73 Å². The van der Waals surface area contributed by atoms with Crippen molar-refractivity contribution < 1.29 is 17.4 Å². The van der Waals surface area contributed by atoms with Crippen molar-refractivity contribution in [3.63, 3.8) is 0 Å². The molecular weight excluding hydrogens is 279 g/mol. The maximum absolute atomic E-state index is 12.6. The van der Waals surface area contributed by atoms with Crippen molar-refractivity contribution >= 4 is 22.4 Å². The number of hydrogen-bond donors (Lipinski definition) is 2. The minimum Gasteiger partial charge on any atom is -0.384 e. The Hall–Kier alpha value is -1.31. The first-order valence-electron chi connectivity index (χ1n) is 5.81. The van der Waals surface area contributed by atoms with Crippen LogP contribution in [0.2, 0.25) is 0 Å². The lowest BCUT2D eigenvalue weighted by molar-refractivity contribution is -0.137. The summed E-state index contributed by atoms with van der Waals surface area (Å²) in [4.78, 5) is 3.85. The molecule has 0 radical (unpaired) electrons. The molecular formula is C11H14F3N3OS. The molecule has 8 heteroatoms. The molecule has 3 N–H and O–H groups in total. The van der Waals surface area contributed by atoms with Gasteiger partial charge in [-0.25, -0.2) is 4.98 Å². The van der Waals surface area contributed by atoms with E-state index < -0.39 is 22.5 Å². The number of aromatic nitrogens is 1. The van der Waals surface area contributed by atoms with Crippen LogP contribution < -0.4 is 11.1 Å². The first kappa shape index (κ1) is 14.1. The molecule has 0 atom stereocenters. The van der Waals surface area contributed by atoms with Crippen molar-refractivity contribution in [1.29, 1.82) is 0 Å². The van der Waals surface area contributed by atoms with Crippen LogP contribution in [0.25, 0.3) is 0 Å². The number of nitrogens with one attached hydrogen (secondary N) is 1. The van der Waals surface area contributed by atoms with E-state index in [1.54, 1.807) is 0 Å². The second-order valence-corrected chi connectivity index (χ2v) is 6.13. The van der Waals surface area contributed by atoms with Gasteiger partial charge >= 0.3 is 6.18 Å². The van der Waals surface area contributed by atoms with Gasteiger partial charge in [0.05, 0.1) is 5.56 Å². The summed E-state index contributed by atoms with van der Waals surface area (Å²) in [5.74, 6) is 1.07. The lowest BCUT2D eigenvalue weighted by Gasteiger charge is -2.23. The molecule has 2 rings (SSSR count). The number of hydrogen-bond acceptors (Lipinski definition) is 4. The highest BCUT2D eigenvalue weighted by molar-refractivity contribution is 7.85. The lowest BCUT2D eigenvalue weighted by Crippen LogP contribution is -2.29. The van der Waals surface area contributed by atoms with E-state index in [0.29, 0.717) is 24.3 Å². The van der Waals surface area contributed by atoms with Gasteiger partial charge < -0.3 is 11.1 Å². The predicted octanol–water partition coefficient (Wildman–Crippen LogP) is 2.01. The molecule has 0 spiro atoms. The smallest absolute Gasteiger partial charge is 0.384 e. The molecule has 1 aliphatic rings. The van der Waals surface area contributed by atoms with Gasteiger partial charge in [0.15, 0.2) is 0 Å². The van der Waals surface area contributed by atoms with E-state index in [2.05, 4.69) is 10.3 Å². The molecule has 1 fully saturated rings. The van der Waals surface area contributed by atoms with Gasteiger partial charge in [-0.1, -0.05) is 0 Å². The van der Waals surface area contributed by atoms with Crippen molar-refractivity contribution in [3.8, 4) is 0 Å². The molecule has 2 heterocycles. The van der Waals surface area contributed by atoms with Gasteiger partial charge in [-0.3, -0.25) is 4.21 Å². The molecule has 4 nitrogen and oxygen atoms in total. The van der Waals surface area contributed by atoms with Crippen molar-refractivity contribution in [2.75, 3.05) is 22.6 Å². The van der Waals surface area contributed by atoms with Crippen LogP contribution in [0, 0.1) is 0 Å². The minimum atomic E-state index is -4.44. The minimum absolute atomic E-state index is 0.00640. The van der Waals surface area contributed by atoms with Crippen LogP contribution in [0.4, 0.5) is 24.8 Å². The number of halogens is 3. The van der Waals surface area contributed by atoms with Crippen molar-refractivity contribution in [1.82, 2.24) is 4.98 Å². The van der Waals surface area contributed by atoms with E-state index in [1.807, 2.05) is 0 Å². The number of nitrogen functional groups attached to an aromatic ring is 1. The molecule has 1 saturated heterocycles. The van der Waals surface area contributed by atoms with E-state index in [0.717, 1.165) is 12.1 Å². The summed E-state index contributed by atoms with van der Waals surface area (Å²) in [6.45, 7) is 0. The zero-order valence-corrected chi connectivity index (χ0v) is 10.9. The molecule has 106 valence electrons. The summed E-state index contributed by atoms with van der Waals surface area (Å²) in [5.41, 5.74) is 4.57. The van der Waals surface area contributed by atoms with Crippen LogP contribution in [0.1, 0.15) is 18.4 Å². The zero-order valence-electron chi connectivity index (χ0n) is 10.0. The van der Waals surface area contributed by atoms with Crippen LogP contribution in [0.15, 0.2) is 12.1 Å². The van der Waals surface area contributed by atoms with E-state index >= 15 is 0 Å². The first-order valence-corrected chi connectivity index (χ1v) is 7.29. The summed E-state index contributed by atoms with van der Waals surface area (Å²) in [6.07, 6.45) is -3.13. The molecule has 0 aromatic carbocycles. The van der Waals surface area contributed by atoms with Crippen molar-refractivity contribution in [2.24, 2.45) is 0 Å². The summed E-state index contributed by atoms with van der Waals surface area (Å²) in [6, 6.07) is 1.75. The van der Waals surface area contributed by atoms with Crippen LogP contribution in [0.5, 0.6) is 0 Å². The topological polar surface area (TPSA) is 68.0 Å². The number of anilines is 2. The Labute approximate surface area is 111 Å². The third-order valence-corrected chi connectivity index (χ3v) is 4.29. The average molecular weight is 293 g/mol. The molecule has 0 amide bonds. The predicted molar refractivity (Wildman–Crippen MR) is 68.2 cm³/mol. The summed E-state index contributed by atoms with van der Waals surface area (Å²) >= 11 is 0. The second-order valence-electron chi connectivity index (χ2n) is 4.43. The molecule has 19 heavy (non-hydrogen) atoms. The number of rotatable bonds is 2. The quantitative estimate of drug-likeness (QED) is 0.875. The summed E-state index contributed by atoms with van der Waals surface area (Å²) < 4.78 is 49.1. The maximum atomic E-state index is 12.6. The highest BCUT2D eigenvalue weighted by atomic mass is 32.2. The number of nitrogens with zero attached hydrogens (tertiary/aromatic N) is 1. The third kappa shape index (κ3) is 3.82. The highest BCUT2D eigenvalue weighted by Crippen LogP contribution is 2.31. The normalized spacial score (nSPS) is 24.2. The number of alkyl halides is 3. The highest BCUT2D eigenvalue weighted by Gasteiger charge is 2.31. The Morgan fingerprint density at radius 2 is 1.95 bits per heavy atom. The van der Waals surface area contributed by atoms with Gasteiger partial charge in [-0.15, -0.1) is 0 Å². The Morgan fingerprint density at radius 1 is 1.32 bits per heavy atom. The maximum Gasteiger partial charge on any atom is 0.416 e. The fourth-order valence-corrected chi connectivity index (χ4v) is 3.24. The Morgan fingerprint density at radius 3 is 2.53 bits per heavy atom. The molecule has 0 bridgehead atoms. The number of pyridine rings is 1. The fraction of sp³-hybridized carbons (Fsp3) is 0.545. The molecule has 1 aromatic heterocycles.